The van der Waals surface area contributed by atoms with Gasteiger partial charge >= 0.3 is 0 Å². The first kappa shape index (κ1) is 9.40. The Bertz CT molecular complexity index is 265. The first-order chi connectivity index (χ1) is 6.75. The van der Waals surface area contributed by atoms with Crippen molar-refractivity contribution in [1.29, 1.82) is 0 Å². The smallest absolute Gasteiger partial charge is 0.102 e. The Morgan fingerprint density at radius 2 is 2.07 bits per heavy atom. The number of hydrogen-bond donors (Lipinski definition) is 3. The molecule has 0 aromatic rings. The van der Waals surface area contributed by atoms with E-state index < -0.39 is 0 Å². The molecule has 14 heavy (non-hydrogen) atoms. The number of nitrogens with one attached hydrogen (secondary N) is 1. The molecule has 0 aromatic carbocycles. The molecule has 2 rings (SSSR count). The standard InChI is InChI=1S/C10H17N3O/c11-8-1-2-10(12-7-8)13-5-3-9(14)4-6-13/h1-2,9,12,14H,3-7,11H2. The lowest BCUT2D eigenvalue weighted by Crippen LogP contribution is -2.41. The Hall–Kier alpha value is -1.16. The van der Waals surface area contributed by atoms with Gasteiger partial charge in [0.05, 0.1) is 12.6 Å². The van der Waals surface area contributed by atoms with Crippen molar-refractivity contribution in [1.82, 2.24) is 10.2 Å². The van der Waals surface area contributed by atoms with Crippen LogP contribution in [0.15, 0.2) is 23.7 Å². The normalized spacial score (nSPS) is 23.9. The van der Waals surface area contributed by atoms with Crippen LogP contribution in [0.1, 0.15) is 12.8 Å². The third kappa shape index (κ3) is 2.01. The fourth-order valence-electron chi connectivity index (χ4n) is 1.82. The summed E-state index contributed by atoms with van der Waals surface area (Å²) in [7, 11) is 0. The number of nitrogens with zero attached hydrogens (tertiary/aromatic N) is 1. The topological polar surface area (TPSA) is 61.5 Å². The van der Waals surface area contributed by atoms with Gasteiger partial charge in [0.25, 0.3) is 0 Å². The van der Waals surface area contributed by atoms with E-state index in [2.05, 4.69) is 10.2 Å². The summed E-state index contributed by atoms with van der Waals surface area (Å²) in [6.45, 7) is 2.58. The highest BCUT2D eigenvalue weighted by atomic mass is 16.3. The minimum atomic E-state index is -0.115. The molecule has 4 heteroatoms. The highest BCUT2D eigenvalue weighted by Gasteiger charge is 2.19. The average Bonchev–Trinajstić information content (AvgIpc) is 2.21. The van der Waals surface area contributed by atoms with E-state index in [0.29, 0.717) is 0 Å². The second-order valence-electron chi connectivity index (χ2n) is 3.87. The second kappa shape index (κ2) is 3.92. The van der Waals surface area contributed by atoms with E-state index in [0.717, 1.165) is 44.0 Å². The summed E-state index contributed by atoms with van der Waals surface area (Å²) in [6.07, 6.45) is 5.56. The summed E-state index contributed by atoms with van der Waals surface area (Å²) in [5.41, 5.74) is 6.51. The average molecular weight is 195 g/mol. The number of likely N-dealkylation sites (tertiary alicyclic amines) is 1. The lowest BCUT2D eigenvalue weighted by atomic mass is 10.1. The number of piperidine rings is 1. The predicted molar refractivity (Wildman–Crippen MR) is 55.2 cm³/mol. The van der Waals surface area contributed by atoms with Crippen LogP contribution in [0.3, 0.4) is 0 Å². The summed E-state index contributed by atoms with van der Waals surface area (Å²) >= 11 is 0. The highest BCUT2D eigenvalue weighted by Crippen LogP contribution is 2.15. The van der Waals surface area contributed by atoms with Gasteiger partial charge in [0.2, 0.25) is 0 Å². The van der Waals surface area contributed by atoms with Crippen LogP contribution in [0.25, 0.3) is 0 Å². The van der Waals surface area contributed by atoms with Gasteiger partial charge in [0.1, 0.15) is 5.82 Å². The fourth-order valence-corrected chi connectivity index (χ4v) is 1.82. The van der Waals surface area contributed by atoms with E-state index in [1.165, 1.54) is 0 Å². The minimum Gasteiger partial charge on any atom is -0.401 e. The van der Waals surface area contributed by atoms with Crippen molar-refractivity contribution in [2.45, 2.75) is 18.9 Å². The molecular weight excluding hydrogens is 178 g/mol. The van der Waals surface area contributed by atoms with Crippen LogP contribution in [0.2, 0.25) is 0 Å². The summed E-state index contributed by atoms with van der Waals surface area (Å²) < 4.78 is 0. The highest BCUT2D eigenvalue weighted by molar-refractivity contribution is 5.21. The number of rotatable bonds is 1. The van der Waals surface area contributed by atoms with Gasteiger partial charge in [-0.25, -0.2) is 0 Å². The van der Waals surface area contributed by atoms with E-state index in [9.17, 15) is 5.11 Å². The first-order valence-electron chi connectivity index (χ1n) is 5.09. The molecule has 0 bridgehead atoms. The van der Waals surface area contributed by atoms with Gasteiger partial charge in [-0.15, -0.1) is 0 Å². The van der Waals surface area contributed by atoms with Crippen LogP contribution in [0.5, 0.6) is 0 Å². The molecule has 0 saturated carbocycles. The SMILES string of the molecule is NC1=CC=C(N2CCC(O)CC2)NC1. The number of allylic oxidation sites excluding steroid dienone is 2. The monoisotopic (exact) mass is 195 g/mol. The van der Waals surface area contributed by atoms with Crippen LogP contribution in [0, 0.1) is 0 Å². The van der Waals surface area contributed by atoms with Crippen LogP contribution in [-0.4, -0.2) is 35.7 Å². The van der Waals surface area contributed by atoms with Gasteiger partial charge in [0.15, 0.2) is 0 Å². The number of aliphatic hydroxyl groups excluding tert-OH is 1. The van der Waals surface area contributed by atoms with Crippen molar-refractivity contribution in [3.63, 3.8) is 0 Å². The van der Waals surface area contributed by atoms with E-state index >= 15 is 0 Å². The molecule has 2 aliphatic heterocycles. The number of nitrogens with two attached hydrogens (primary N) is 1. The molecule has 0 spiro atoms. The molecule has 0 aromatic heterocycles. The molecule has 2 aliphatic rings. The number of dihydropyridines is 1. The molecule has 0 amide bonds. The maximum atomic E-state index is 9.37. The summed E-state index contributed by atoms with van der Waals surface area (Å²) in [5.74, 6) is 1.13. The number of hydrogen-bond acceptors (Lipinski definition) is 4. The second-order valence-corrected chi connectivity index (χ2v) is 3.87. The van der Waals surface area contributed by atoms with Crippen LogP contribution in [-0.2, 0) is 0 Å². The quantitative estimate of drug-likeness (QED) is 0.539. The Morgan fingerprint density at radius 3 is 2.64 bits per heavy atom. The van der Waals surface area contributed by atoms with Gasteiger partial charge in [-0.05, 0) is 25.0 Å². The minimum absolute atomic E-state index is 0.115. The van der Waals surface area contributed by atoms with Crippen molar-refractivity contribution in [2.75, 3.05) is 19.6 Å². The first-order valence-corrected chi connectivity index (χ1v) is 5.09. The van der Waals surface area contributed by atoms with Gasteiger partial charge in [-0.3, -0.25) is 0 Å². The summed E-state index contributed by atoms with van der Waals surface area (Å²) in [4.78, 5) is 2.26. The van der Waals surface area contributed by atoms with Crippen molar-refractivity contribution in [2.24, 2.45) is 5.73 Å². The molecule has 0 unspecified atom stereocenters. The Kier molecular flexibility index (Phi) is 2.63. The maximum absolute atomic E-state index is 9.37. The fraction of sp³-hybridized carbons (Fsp3) is 0.600. The van der Waals surface area contributed by atoms with E-state index in [1.54, 1.807) is 0 Å². The van der Waals surface area contributed by atoms with Crippen molar-refractivity contribution < 1.29 is 5.11 Å². The van der Waals surface area contributed by atoms with Crippen LogP contribution in [0.4, 0.5) is 0 Å². The van der Waals surface area contributed by atoms with E-state index in [-0.39, 0.29) is 6.10 Å². The van der Waals surface area contributed by atoms with Crippen molar-refractivity contribution in [3.8, 4) is 0 Å². The van der Waals surface area contributed by atoms with Crippen LogP contribution >= 0.6 is 0 Å². The molecular formula is C10H17N3O. The molecule has 1 fully saturated rings. The Labute approximate surface area is 84.1 Å². The molecule has 1 saturated heterocycles. The Morgan fingerprint density at radius 1 is 1.36 bits per heavy atom. The maximum Gasteiger partial charge on any atom is 0.102 e. The molecule has 0 aliphatic carbocycles. The van der Waals surface area contributed by atoms with Gasteiger partial charge in [-0.2, -0.15) is 0 Å². The largest absolute Gasteiger partial charge is 0.401 e. The lowest BCUT2D eigenvalue weighted by molar-refractivity contribution is 0.0940. The van der Waals surface area contributed by atoms with Gasteiger partial charge in [-0.1, -0.05) is 0 Å². The molecule has 78 valence electrons. The summed E-state index contributed by atoms with van der Waals surface area (Å²) in [5, 5.41) is 12.6. The van der Waals surface area contributed by atoms with Crippen molar-refractivity contribution in [3.05, 3.63) is 23.7 Å². The zero-order valence-corrected chi connectivity index (χ0v) is 8.24. The third-order valence-corrected chi connectivity index (χ3v) is 2.73. The zero-order valence-electron chi connectivity index (χ0n) is 8.24. The van der Waals surface area contributed by atoms with E-state index in [4.69, 9.17) is 5.73 Å². The lowest BCUT2D eigenvalue weighted by Gasteiger charge is -2.34. The zero-order chi connectivity index (χ0) is 9.97. The number of aliphatic hydroxyl groups is 1. The molecule has 0 radical (unpaired) electrons. The molecule has 2 heterocycles. The van der Waals surface area contributed by atoms with E-state index in [1.807, 2.05) is 12.2 Å². The molecule has 4 nitrogen and oxygen atoms in total. The van der Waals surface area contributed by atoms with Gasteiger partial charge in [0, 0.05) is 18.8 Å². The molecule has 0 atom stereocenters. The van der Waals surface area contributed by atoms with Crippen LogP contribution < -0.4 is 11.1 Å². The Balaban J connectivity index is 1.96. The third-order valence-electron chi connectivity index (χ3n) is 2.73. The summed E-state index contributed by atoms with van der Waals surface area (Å²) in [6, 6.07) is 0. The predicted octanol–water partition coefficient (Wildman–Crippen LogP) is -0.270. The molecule has 4 N–H and O–H groups in total. The van der Waals surface area contributed by atoms with Gasteiger partial charge < -0.3 is 21.1 Å². The van der Waals surface area contributed by atoms with Crippen molar-refractivity contribution >= 4 is 0 Å².